The predicted molar refractivity (Wildman–Crippen MR) is 170 cm³/mol. The van der Waals surface area contributed by atoms with Gasteiger partial charge in [0.05, 0.1) is 37.4 Å². The maximum absolute atomic E-state index is 12.6. The Morgan fingerprint density at radius 3 is 2.53 bits per heavy atom. The lowest BCUT2D eigenvalue weighted by Crippen LogP contribution is -2.56. The van der Waals surface area contributed by atoms with E-state index < -0.39 is 25.5 Å². The van der Waals surface area contributed by atoms with Crippen LogP contribution in [0.15, 0.2) is 71.7 Å². The van der Waals surface area contributed by atoms with Gasteiger partial charge in [-0.3, -0.25) is 14.6 Å². The number of hydrogen-bond acceptors (Lipinski definition) is 9. The van der Waals surface area contributed by atoms with Gasteiger partial charge >= 0.3 is 7.12 Å². The van der Waals surface area contributed by atoms with Gasteiger partial charge in [0, 0.05) is 34.1 Å². The summed E-state index contributed by atoms with van der Waals surface area (Å²) in [7, 11) is -1.63. The van der Waals surface area contributed by atoms with Gasteiger partial charge in [0.25, 0.3) is 0 Å². The number of carbonyl (C=O) groups excluding carboxylic acids is 2. The van der Waals surface area contributed by atoms with E-state index in [1.165, 1.54) is 6.07 Å². The molecule has 3 aromatic rings. The van der Waals surface area contributed by atoms with Crippen LogP contribution in [0.1, 0.15) is 37.8 Å². The number of nitrogens with one attached hydrogen (secondary N) is 2. The summed E-state index contributed by atoms with van der Waals surface area (Å²) in [5.74, 6) is 0.0309. The molecule has 43 heavy (non-hydrogen) atoms. The van der Waals surface area contributed by atoms with Crippen molar-refractivity contribution in [3.05, 3.63) is 82.9 Å². The maximum atomic E-state index is 12.6. The zero-order valence-corrected chi connectivity index (χ0v) is 24.8. The van der Waals surface area contributed by atoms with Gasteiger partial charge in [-0.1, -0.05) is 35.9 Å². The number of benzodiazepines with no additional fused rings is 1. The molecule has 0 saturated carbocycles. The molecule has 0 saturated heterocycles. The Balaban J connectivity index is 1.61. The Bertz CT molecular complexity index is 1470. The summed E-state index contributed by atoms with van der Waals surface area (Å²) in [5, 5.41) is 24.8. The number of benzene rings is 3. The lowest BCUT2D eigenvalue weighted by molar-refractivity contribution is -0.121. The number of halogens is 1. The van der Waals surface area contributed by atoms with Crippen molar-refractivity contribution in [1.82, 2.24) is 5.32 Å². The third kappa shape index (κ3) is 8.12. The molecule has 0 aromatic heterocycles. The van der Waals surface area contributed by atoms with Crippen molar-refractivity contribution in [2.75, 3.05) is 23.4 Å². The largest absolute Gasteiger partial charge is 0.493 e. The van der Waals surface area contributed by atoms with E-state index in [9.17, 15) is 19.6 Å². The van der Waals surface area contributed by atoms with E-state index in [4.69, 9.17) is 32.8 Å². The first-order chi connectivity index (χ1) is 20.6. The number of nitrogens with zero attached hydrogens (tertiary/aromatic N) is 2. The molecule has 11 nitrogen and oxygen atoms in total. The van der Waals surface area contributed by atoms with Gasteiger partial charge in [-0.25, -0.2) is 0 Å². The first-order valence-corrected chi connectivity index (χ1v) is 14.4. The van der Waals surface area contributed by atoms with Gasteiger partial charge in [0.15, 0.2) is 0 Å². The molecule has 1 heterocycles. The fourth-order valence-corrected chi connectivity index (χ4v) is 5.02. The molecular weight excluding hydrogens is 571 g/mol. The van der Waals surface area contributed by atoms with E-state index in [0.717, 1.165) is 11.3 Å². The van der Waals surface area contributed by atoms with Gasteiger partial charge in [0.1, 0.15) is 11.9 Å². The minimum Gasteiger partial charge on any atom is -0.493 e. The van der Waals surface area contributed by atoms with E-state index >= 15 is 0 Å². The van der Waals surface area contributed by atoms with Crippen molar-refractivity contribution < 1.29 is 24.4 Å². The summed E-state index contributed by atoms with van der Waals surface area (Å²) in [4.78, 5) is 32.0. The molecule has 2 unspecified atom stereocenters. The highest BCUT2D eigenvalue weighted by molar-refractivity contribution is 6.58. The number of ether oxygens (including phenoxy) is 1. The lowest BCUT2D eigenvalue weighted by atomic mass is 9.80. The van der Waals surface area contributed by atoms with Crippen LogP contribution in [0.25, 0.3) is 0 Å². The lowest BCUT2D eigenvalue weighted by Gasteiger charge is -2.36. The molecule has 0 spiro atoms. The van der Waals surface area contributed by atoms with Gasteiger partial charge in [-0.05, 0) is 61.8 Å². The molecule has 0 fully saturated rings. The number of amides is 2. The highest BCUT2D eigenvalue weighted by atomic mass is 35.5. The Morgan fingerprint density at radius 2 is 1.86 bits per heavy atom. The van der Waals surface area contributed by atoms with Crippen LogP contribution < -0.4 is 37.2 Å². The smallest absolute Gasteiger partial charge is 0.488 e. The van der Waals surface area contributed by atoms with Crippen LogP contribution in [0.3, 0.4) is 0 Å². The van der Waals surface area contributed by atoms with Crippen LogP contribution in [0, 0.1) is 0 Å². The highest BCUT2D eigenvalue weighted by Crippen LogP contribution is 2.34. The summed E-state index contributed by atoms with van der Waals surface area (Å²) in [6.45, 7) is 4.24. The zero-order chi connectivity index (χ0) is 31.1. The van der Waals surface area contributed by atoms with Crippen molar-refractivity contribution in [1.29, 1.82) is 0 Å². The van der Waals surface area contributed by atoms with Crippen molar-refractivity contribution >= 4 is 53.1 Å². The SMILES string of the molecule is CCNC(=O)C[C@@H]1N=C(c2ccc(Cl)cc2)c2cc(OCCC(=O)Nc3cccc(B(O)O)c3)ccc2N(C(C)N)C1N. The van der Waals surface area contributed by atoms with Crippen LogP contribution in [0.4, 0.5) is 11.4 Å². The van der Waals surface area contributed by atoms with Crippen molar-refractivity contribution in [2.45, 2.75) is 45.1 Å². The van der Waals surface area contributed by atoms with E-state index in [-0.39, 0.29) is 36.7 Å². The first kappa shape index (κ1) is 32.0. The maximum Gasteiger partial charge on any atom is 0.488 e. The second-order valence-corrected chi connectivity index (χ2v) is 10.6. The molecule has 4 rings (SSSR count). The number of aliphatic imine (C=N–C) groups is 1. The fourth-order valence-electron chi connectivity index (χ4n) is 4.89. The molecule has 0 radical (unpaired) electrons. The molecule has 1 aliphatic rings. The van der Waals surface area contributed by atoms with Crippen LogP contribution in [0.2, 0.25) is 5.02 Å². The average Bonchev–Trinajstić information content (AvgIpc) is 3.07. The molecule has 13 heteroatoms. The number of carbonyl (C=O) groups is 2. The van der Waals surface area contributed by atoms with Gasteiger partial charge in [0.2, 0.25) is 11.8 Å². The first-order valence-electron chi connectivity index (χ1n) is 14.0. The Kier molecular flexibility index (Phi) is 10.8. The average molecular weight is 607 g/mol. The van der Waals surface area contributed by atoms with Crippen LogP contribution >= 0.6 is 11.6 Å². The van der Waals surface area contributed by atoms with E-state index in [0.29, 0.717) is 34.3 Å². The summed E-state index contributed by atoms with van der Waals surface area (Å²) in [6.07, 6.45) is -1.06. The highest BCUT2D eigenvalue weighted by Gasteiger charge is 2.34. The molecule has 3 atom stereocenters. The molecule has 0 bridgehead atoms. The quantitative estimate of drug-likeness (QED) is 0.178. The summed E-state index contributed by atoms with van der Waals surface area (Å²) in [6, 6.07) is 18.4. The third-order valence-electron chi connectivity index (χ3n) is 6.90. The van der Waals surface area contributed by atoms with Gasteiger partial charge in [-0.2, -0.15) is 0 Å². The topological polar surface area (TPSA) is 176 Å². The summed E-state index contributed by atoms with van der Waals surface area (Å²) >= 11 is 6.17. The molecule has 8 N–H and O–H groups in total. The van der Waals surface area contributed by atoms with Crippen molar-refractivity contribution in [3.8, 4) is 5.75 Å². The van der Waals surface area contributed by atoms with Crippen molar-refractivity contribution in [3.63, 3.8) is 0 Å². The molecule has 226 valence electrons. The number of fused-ring (bicyclic) bond motifs is 1. The Morgan fingerprint density at radius 1 is 1.12 bits per heavy atom. The van der Waals surface area contributed by atoms with Crippen LogP contribution in [-0.4, -0.2) is 66.2 Å². The number of rotatable bonds is 11. The fraction of sp³-hybridized carbons (Fsp3) is 0.300. The molecular formula is C30H36BClN6O5. The second-order valence-electron chi connectivity index (χ2n) is 10.2. The van der Waals surface area contributed by atoms with Gasteiger partial charge < -0.3 is 41.8 Å². The minimum absolute atomic E-state index is 0.0482. The summed E-state index contributed by atoms with van der Waals surface area (Å²) < 4.78 is 5.97. The van der Waals surface area contributed by atoms with Crippen LogP contribution in [-0.2, 0) is 9.59 Å². The minimum atomic E-state index is -1.63. The monoisotopic (exact) mass is 606 g/mol. The predicted octanol–water partition coefficient (Wildman–Crippen LogP) is 1.57. The third-order valence-corrected chi connectivity index (χ3v) is 7.15. The Hall–Kier alpha value is -3.94. The normalized spacial score (nSPS) is 16.8. The van der Waals surface area contributed by atoms with E-state index in [1.807, 2.05) is 43.0 Å². The van der Waals surface area contributed by atoms with Crippen LogP contribution in [0.5, 0.6) is 5.75 Å². The number of anilines is 2. The van der Waals surface area contributed by atoms with E-state index in [1.54, 1.807) is 36.4 Å². The molecule has 0 aliphatic carbocycles. The molecule has 3 aromatic carbocycles. The van der Waals surface area contributed by atoms with Crippen molar-refractivity contribution in [2.24, 2.45) is 16.5 Å². The Labute approximate surface area is 256 Å². The molecule has 1 aliphatic heterocycles. The summed E-state index contributed by atoms with van der Waals surface area (Å²) in [5.41, 5.74) is 16.7. The van der Waals surface area contributed by atoms with Gasteiger partial charge in [-0.15, -0.1) is 0 Å². The second kappa shape index (κ2) is 14.5. The number of hydrogen-bond donors (Lipinski definition) is 6. The number of nitrogens with two attached hydrogens (primary N) is 2. The molecule has 2 amide bonds. The van der Waals surface area contributed by atoms with E-state index in [2.05, 4.69) is 10.6 Å². The zero-order valence-electron chi connectivity index (χ0n) is 24.0. The standard InChI is InChI=1S/C30H36BClN6O5/c1-3-35-28(40)17-25-30(34)38(18(2)33)26-12-11-23(16-24(26)29(37-25)19-7-9-21(32)10-8-19)43-14-13-27(39)36-22-6-4-5-20(15-22)31(41)42/h4-12,15-16,18,25,30,41-42H,3,13-14,17,33-34H2,1-2H3,(H,35,40)(H,36,39)/t18?,25-,30?/m0/s1.